The molecule has 0 saturated carbocycles. The molecule has 1 nitrogen and oxygen atoms in total. The number of nitrogens with one attached hydrogen (secondary N) is 1. The highest BCUT2D eigenvalue weighted by molar-refractivity contribution is 6.33. The van der Waals surface area contributed by atoms with Gasteiger partial charge in [-0.25, -0.2) is 0 Å². The molecule has 1 aromatic rings. The molecule has 0 heterocycles. The molecule has 0 radical (unpaired) electrons. The summed E-state index contributed by atoms with van der Waals surface area (Å²) < 4.78 is 0. The van der Waals surface area contributed by atoms with Crippen LogP contribution < -0.4 is 5.32 Å². The van der Waals surface area contributed by atoms with E-state index in [9.17, 15) is 0 Å². The van der Waals surface area contributed by atoms with Gasteiger partial charge in [-0.05, 0) is 42.6 Å². The normalized spacial score (nSPS) is 15.2. The molecule has 0 aliphatic heterocycles. The lowest BCUT2D eigenvalue weighted by molar-refractivity contribution is 0.317. The second kappa shape index (κ2) is 5.90. The summed E-state index contributed by atoms with van der Waals surface area (Å²) in [5.74, 6) is 1.09. The van der Waals surface area contributed by atoms with Crippen molar-refractivity contribution in [3.8, 4) is 0 Å². The first kappa shape index (κ1) is 13.8. The third kappa shape index (κ3) is 3.13. The molecule has 90 valence electrons. The smallest absolute Gasteiger partial charge is 0.0454 e. The Balaban J connectivity index is 3.07. The van der Waals surface area contributed by atoms with E-state index in [1.807, 2.05) is 25.2 Å². The van der Waals surface area contributed by atoms with Gasteiger partial charge in [0, 0.05) is 16.1 Å². The minimum atomic E-state index is 0.242. The van der Waals surface area contributed by atoms with Gasteiger partial charge in [0.1, 0.15) is 0 Å². The van der Waals surface area contributed by atoms with Crippen LogP contribution >= 0.6 is 23.2 Å². The van der Waals surface area contributed by atoms with Crippen molar-refractivity contribution in [3.05, 3.63) is 33.8 Å². The topological polar surface area (TPSA) is 12.0 Å². The largest absolute Gasteiger partial charge is 0.313 e. The number of halogens is 2. The molecule has 1 rings (SSSR count). The minimum Gasteiger partial charge on any atom is -0.313 e. The highest BCUT2D eigenvalue weighted by Crippen LogP contribution is 2.33. The lowest BCUT2D eigenvalue weighted by Crippen LogP contribution is -2.26. The molecule has 0 fully saturated rings. The van der Waals surface area contributed by atoms with E-state index in [1.54, 1.807) is 0 Å². The number of benzene rings is 1. The van der Waals surface area contributed by atoms with Crippen LogP contribution in [-0.4, -0.2) is 7.05 Å². The quantitative estimate of drug-likeness (QED) is 0.837. The van der Waals surface area contributed by atoms with Crippen LogP contribution in [0.1, 0.15) is 32.4 Å². The van der Waals surface area contributed by atoms with Crippen molar-refractivity contribution in [3.63, 3.8) is 0 Å². The molecule has 1 aromatic carbocycles. The van der Waals surface area contributed by atoms with E-state index in [4.69, 9.17) is 23.2 Å². The van der Waals surface area contributed by atoms with Crippen molar-refractivity contribution in [2.75, 3.05) is 7.05 Å². The monoisotopic (exact) mass is 259 g/mol. The van der Waals surface area contributed by atoms with E-state index in [0.717, 1.165) is 15.6 Å². The molecule has 0 aliphatic rings. The molecule has 2 atom stereocenters. The Morgan fingerprint density at radius 1 is 1.12 bits per heavy atom. The number of hydrogen-bond acceptors (Lipinski definition) is 1. The Hall–Kier alpha value is -0.240. The minimum absolute atomic E-state index is 0.242. The van der Waals surface area contributed by atoms with Gasteiger partial charge in [-0.1, -0.05) is 44.0 Å². The van der Waals surface area contributed by atoms with Gasteiger partial charge in [-0.15, -0.1) is 0 Å². The van der Waals surface area contributed by atoms with E-state index in [1.165, 1.54) is 0 Å². The van der Waals surface area contributed by atoms with E-state index in [2.05, 4.69) is 26.1 Å². The van der Waals surface area contributed by atoms with E-state index in [0.29, 0.717) is 11.8 Å². The SMILES string of the molecule is CNC(c1cc(Cl)ccc1Cl)C(C)C(C)C. The average Bonchev–Trinajstić information content (AvgIpc) is 2.23. The molecular weight excluding hydrogens is 241 g/mol. The molecule has 0 amide bonds. The summed E-state index contributed by atoms with van der Waals surface area (Å²) >= 11 is 12.2. The number of hydrogen-bond donors (Lipinski definition) is 1. The van der Waals surface area contributed by atoms with Crippen LogP contribution in [0.4, 0.5) is 0 Å². The van der Waals surface area contributed by atoms with Crippen molar-refractivity contribution in [1.29, 1.82) is 0 Å². The van der Waals surface area contributed by atoms with Crippen molar-refractivity contribution < 1.29 is 0 Å². The first-order valence-corrected chi connectivity index (χ1v) is 6.35. The number of rotatable bonds is 4. The Kier molecular flexibility index (Phi) is 5.10. The van der Waals surface area contributed by atoms with Crippen molar-refractivity contribution >= 4 is 23.2 Å². The maximum absolute atomic E-state index is 6.22. The zero-order chi connectivity index (χ0) is 12.3. The van der Waals surface area contributed by atoms with Gasteiger partial charge in [0.2, 0.25) is 0 Å². The van der Waals surface area contributed by atoms with Crippen LogP contribution in [0, 0.1) is 11.8 Å². The molecule has 0 bridgehead atoms. The van der Waals surface area contributed by atoms with Crippen molar-refractivity contribution in [2.24, 2.45) is 11.8 Å². The van der Waals surface area contributed by atoms with Gasteiger partial charge in [0.05, 0.1) is 0 Å². The second-order valence-corrected chi connectivity index (χ2v) is 5.38. The molecule has 0 aromatic heterocycles. The third-order valence-electron chi connectivity index (χ3n) is 3.18. The van der Waals surface area contributed by atoms with Crippen LogP contribution in [0.2, 0.25) is 10.0 Å². The van der Waals surface area contributed by atoms with E-state index >= 15 is 0 Å². The summed E-state index contributed by atoms with van der Waals surface area (Å²) in [4.78, 5) is 0. The second-order valence-electron chi connectivity index (χ2n) is 4.54. The van der Waals surface area contributed by atoms with Gasteiger partial charge >= 0.3 is 0 Å². The molecule has 3 heteroatoms. The fourth-order valence-electron chi connectivity index (χ4n) is 1.84. The third-order valence-corrected chi connectivity index (χ3v) is 3.76. The van der Waals surface area contributed by atoms with E-state index in [-0.39, 0.29) is 6.04 Å². The predicted octanol–water partition coefficient (Wildman–Crippen LogP) is 4.55. The zero-order valence-corrected chi connectivity index (χ0v) is 11.7. The van der Waals surface area contributed by atoms with Crippen molar-refractivity contribution in [2.45, 2.75) is 26.8 Å². The first-order valence-electron chi connectivity index (χ1n) is 5.59. The summed E-state index contributed by atoms with van der Waals surface area (Å²) in [6.45, 7) is 6.66. The zero-order valence-electron chi connectivity index (χ0n) is 10.2. The Bertz CT molecular complexity index is 350. The summed E-state index contributed by atoms with van der Waals surface area (Å²) in [6, 6.07) is 5.87. The maximum Gasteiger partial charge on any atom is 0.0454 e. The van der Waals surface area contributed by atoms with Gasteiger partial charge in [0.15, 0.2) is 0 Å². The highest BCUT2D eigenvalue weighted by Gasteiger charge is 2.22. The predicted molar refractivity (Wildman–Crippen MR) is 72.3 cm³/mol. The summed E-state index contributed by atoms with van der Waals surface area (Å²) in [5, 5.41) is 4.83. The summed E-state index contributed by atoms with van der Waals surface area (Å²) in [7, 11) is 1.96. The van der Waals surface area contributed by atoms with Gasteiger partial charge in [-0.3, -0.25) is 0 Å². The standard InChI is InChI=1S/C13H19Cl2N/c1-8(2)9(3)13(16-4)11-7-10(14)5-6-12(11)15/h5-9,13,16H,1-4H3. The molecular formula is C13H19Cl2N. The molecule has 0 saturated heterocycles. The van der Waals surface area contributed by atoms with E-state index < -0.39 is 0 Å². The summed E-state index contributed by atoms with van der Waals surface area (Å²) in [6.07, 6.45) is 0. The Morgan fingerprint density at radius 3 is 2.25 bits per heavy atom. The van der Waals surface area contributed by atoms with Gasteiger partial charge < -0.3 is 5.32 Å². The molecule has 16 heavy (non-hydrogen) atoms. The van der Waals surface area contributed by atoms with Crippen LogP contribution in [0.15, 0.2) is 18.2 Å². The van der Waals surface area contributed by atoms with Crippen molar-refractivity contribution in [1.82, 2.24) is 5.32 Å². The Morgan fingerprint density at radius 2 is 1.75 bits per heavy atom. The van der Waals surface area contributed by atoms with Crippen LogP contribution in [0.25, 0.3) is 0 Å². The van der Waals surface area contributed by atoms with Crippen LogP contribution in [0.5, 0.6) is 0 Å². The Labute approximate surface area is 108 Å². The molecule has 0 spiro atoms. The lowest BCUT2D eigenvalue weighted by Gasteiger charge is -2.28. The maximum atomic E-state index is 6.22. The highest BCUT2D eigenvalue weighted by atomic mass is 35.5. The molecule has 0 aliphatic carbocycles. The van der Waals surface area contributed by atoms with Gasteiger partial charge in [-0.2, -0.15) is 0 Å². The van der Waals surface area contributed by atoms with Gasteiger partial charge in [0.25, 0.3) is 0 Å². The molecule has 2 unspecified atom stereocenters. The average molecular weight is 260 g/mol. The van der Waals surface area contributed by atoms with Crippen LogP contribution in [0.3, 0.4) is 0 Å². The summed E-state index contributed by atoms with van der Waals surface area (Å²) in [5.41, 5.74) is 1.08. The fraction of sp³-hybridized carbons (Fsp3) is 0.538. The molecule has 1 N–H and O–H groups in total. The lowest BCUT2D eigenvalue weighted by atomic mass is 9.86. The van der Waals surface area contributed by atoms with Crippen LogP contribution in [-0.2, 0) is 0 Å². The first-order chi connectivity index (χ1) is 7.47. The fourth-order valence-corrected chi connectivity index (χ4v) is 2.26.